The zero-order valence-corrected chi connectivity index (χ0v) is 8.20. The SMILES string of the molecule is Cc1nnccc1C(C)C(C)C. The molecule has 1 rings (SSSR count). The Labute approximate surface area is 74.0 Å². The highest BCUT2D eigenvalue weighted by Gasteiger charge is 2.12. The Kier molecular flexibility index (Phi) is 2.79. The lowest BCUT2D eigenvalue weighted by Gasteiger charge is -2.16. The van der Waals surface area contributed by atoms with Gasteiger partial charge in [-0.15, -0.1) is 0 Å². The van der Waals surface area contributed by atoms with Gasteiger partial charge in [0.05, 0.1) is 5.69 Å². The van der Waals surface area contributed by atoms with Crippen molar-refractivity contribution in [1.29, 1.82) is 0 Å². The average molecular weight is 164 g/mol. The van der Waals surface area contributed by atoms with Crippen LogP contribution in [0.15, 0.2) is 12.3 Å². The van der Waals surface area contributed by atoms with Crippen LogP contribution in [0, 0.1) is 12.8 Å². The minimum atomic E-state index is 0.570. The van der Waals surface area contributed by atoms with Crippen LogP contribution < -0.4 is 0 Å². The molecule has 0 aliphatic heterocycles. The van der Waals surface area contributed by atoms with E-state index in [4.69, 9.17) is 0 Å². The fraction of sp³-hybridized carbons (Fsp3) is 0.600. The molecule has 0 aliphatic rings. The molecule has 0 radical (unpaired) electrons. The molecule has 1 atom stereocenters. The third kappa shape index (κ3) is 1.81. The fourth-order valence-electron chi connectivity index (χ4n) is 1.25. The molecule has 0 fully saturated rings. The maximum absolute atomic E-state index is 4.03. The van der Waals surface area contributed by atoms with Gasteiger partial charge in [0.15, 0.2) is 0 Å². The molecule has 1 heterocycles. The van der Waals surface area contributed by atoms with Crippen molar-refractivity contribution in [2.45, 2.75) is 33.6 Å². The van der Waals surface area contributed by atoms with Crippen LogP contribution in [0.5, 0.6) is 0 Å². The predicted molar refractivity (Wildman–Crippen MR) is 50.0 cm³/mol. The Hall–Kier alpha value is -0.920. The first-order valence-electron chi connectivity index (χ1n) is 4.41. The third-order valence-electron chi connectivity index (χ3n) is 2.44. The van der Waals surface area contributed by atoms with Crippen LogP contribution in [0.3, 0.4) is 0 Å². The summed E-state index contributed by atoms with van der Waals surface area (Å²) in [5.41, 5.74) is 2.37. The molecule has 0 saturated heterocycles. The summed E-state index contributed by atoms with van der Waals surface area (Å²) in [5.74, 6) is 1.23. The van der Waals surface area contributed by atoms with Crippen molar-refractivity contribution >= 4 is 0 Å². The van der Waals surface area contributed by atoms with Crippen LogP contribution in [-0.4, -0.2) is 10.2 Å². The highest BCUT2D eigenvalue weighted by atomic mass is 15.1. The normalized spacial score (nSPS) is 13.4. The van der Waals surface area contributed by atoms with E-state index in [0.29, 0.717) is 11.8 Å². The second-order valence-electron chi connectivity index (χ2n) is 3.60. The van der Waals surface area contributed by atoms with Gasteiger partial charge >= 0.3 is 0 Å². The van der Waals surface area contributed by atoms with E-state index < -0.39 is 0 Å². The third-order valence-corrected chi connectivity index (χ3v) is 2.44. The second kappa shape index (κ2) is 3.65. The Morgan fingerprint density at radius 3 is 2.42 bits per heavy atom. The van der Waals surface area contributed by atoms with Gasteiger partial charge in [-0.3, -0.25) is 0 Å². The zero-order chi connectivity index (χ0) is 9.14. The number of hydrogen-bond donors (Lipinski definition) is 0. The van der Waals surface area contributed by atoms with E-state index >= 15 is 0 Å². The summed E-state index contributed by atoms with van der Waals surface area (Å²) in [4.78, 5) is 0. The number of aromatic nitrogens is 2. The minimum Gasteiger partial charge on any atom is -0.159 e. The molecule has 0 spiro atoms. The summed E-state index contributed by atoms with van der Waals surface area (Å²) >= 11 is 0. The lowest BCUT2D eigenvalue weighted by molar-refractivity contribution is 0.529. The van der Waals surface area contributed by atoms with E-state index in [2.05, 4.69) is 37.0 Å². The molecule has 0 aromatic carbocycles. The average Bonchev–Trinajstić information content (AvgIpc) is 2.04. The smallest absolute Gasteiger partial charge is 0.0634 e. The van der Waals surface area contributed by atoms with Crippen LogP contribution in [0.4, 0.5) is 0 Å². The molecule has 0 saturated carbocycles. The molecular formula is C10H16N2. The standard InChI is InChI=1S/C10H16N2/c1-7(2)8(3)10-5-6-11-12-9(10)4/h5-8H,1-4H3. The van der Waals surface area contributed by atoms with Gasteiger partial charge in [-0.2, -0.15) is 10.2 Å². The number of nitrogens with zero attached hydrogens (tertiary/aromatic N) is 2. The molecule has 0 aliphatic carbocycles. The van der Waals surface area contributed by atoms with Gasteiger partial charge in [-0.05, 0) is 30.4 Å². The Morgan fingerprint density at radius 2 is 1.92 bits per heavy atom. The van der Waals surface area contributed by atoms with E-state index in [1.165, 1.54) is 5.56 Å². The molecule has 2 nitrogen and oxygen atoms in total. The van der Waals surface area contributed by atoms with Gasteiger partial charge in [0.2, 0.25) is 0 Å². The second-order valence-corrected chi connectivity index (χ2v) is 3.60. The van der Waals surface area contributed by atoms with Crippen LogP contribution >= 0.6 is 0 Å². The summed E-state index contributed by atoms with van der Waals surface area (Å²) in [6.45, 7) is 8.70. The van der Waals surface area contributed by atoms with Crippen molar-refractivity contribution in [3.05, 3.63) is 23.5 Å². The molecule has 1 aromatic heterocycles. The first-order chi connectivity index (χ1) is 5.63. The summed E-state index contributed by atoms with van der Waals surface area (Å²) in [6.07, 6.45) is 1.77. The molecule has 12 heavy (non-hydrogen) atoms. The van der Waals surface area contributed by atoms with Crippen molar-refractivity contribution < 1.29 is 0 Å². The first-order valence-corrected chi connectivity index (χ1v) is 4.41. The molecule has 0 bridgehead atoms. The van der Waals surface area contributed by atoms with E-state index in [9.17, 15) is 0 Å². The first kappa shape index (κ1) is 9.17. The van der Waals surface area contributed by atoms with Gasteiger partial charge in [0.25, 0.3) is 0 Å². The quantitative estimate of drug-likeness (QED) is 0.671. The van der Waals surface area contributed by atoms with Gasteiger partial charge in [-0.25, -0.2) is 0 Å². The summed E-state index contributed by atoms with van der Waals surface area (Å²) in [7, 11) is 0. The van der Waals surface area contributed by atoms with E-state index in [1.807, 2.05) is 6.92 Å². The van der Waals surface area contributed by atoms with Crippen LogP contribution in [0.25, 0.3) is 0 Å². The van der Waals surface area contributed by atoms with Crippen molar-refractivity contribution in [3.8, 4) is 0 Å². The van der Waals surface area contributed by atoms with E-state index in [-0.39, 0.29) is 0 Å². The van der Waals surface area contributed by atoms with Crippen LogP contribution in [0.2, 0.25) is 0 Å². The topological polar surface area (TPSA) is 25.8 Å². The van der Waals surface area contributed by atoms with Crippen LogP contribution in [0.1, 0.15) is 37.9 Å². The number of hydrogen-bond acceptors (Lipinski definition) is 2. The van der Waals surface area contributed by atoms with Crippen molar-refractivity contribution in [2.75, 3.05) is 0 Å². The monoisotopic (exact) mass is 164 g/mol. The summed E-state index contributed by atoms with van der Waals surface area (Å²) in [6, 6.07) is 2.06. The van der Waals surface area contributed by atoms with Crippen molar-refractivity contribution in [3.63, 3.8) is 0 Å². The van der Waals surface area contributed by atoms with Gasteiger partial charge in [0.1, 0.15) is 0 Å². The molecule has 1 unspecified atom stereocenters. The van der Waals surface area contributed by atoms with Crippen molar-refractivity contribution in [2.24, 2.45) is 5.92 Å². The molecule has 1 aromatic rings. The number of rotatable bonds is 2. The Balaban J connectivity index is 2.94. The molecular weight excluding hydrogens is 148 g/mol. The lowest BCUT2D eigenvalue weighted by atomic mass is 9.90. The summed E-state index contributed by atoms with van der Waals surface area (Å²) < 4.78 is 0. The van der Waals surface area contributed by atoms with Crippen LogP contribution in [-0.2, 0) is 0 Å². The maximum Gasteiger partial charge on any atom is 0.0634 e. The van der Waals surface area contributed by atoms with E-state index in [0.717, 1.165) is 5.69 Å². The number of aryl methyl sites for hydroxylation is 1. The predicted octanol–water partition coefficient (Wildman–Crippen LogP) is 2.54. The van der Waals surface area contributed by atoms with Gasteiger partial charge in [0, 0.05) is 6.20 Å². The highest BCUT2D eigenvalue weighted by molar-refractivity contribution is 5.20. The summed E-state index contributed by atoms with van der Waals surface area (Å²) in [5, 5.41) is 7.87. The molecule has 0 N–H and O–H groups in total. The van der Waals surface area contributed by atoms with Crippen molar-refractivity contribution in [1.82, 2.24) is 10.2 Å². The molecule has 2 heteroatoms. The zero-order valence-electron chi connectivity index (χ0n) is 8.20. The highest BCUT2D eigenvalue weighted by Crippen LogP contribution is 2.24. The lowest BCUT2D eigenvalue weighted by Crippen LogP contribution is -2.05. The minimum absolute atomic E-state index is 0.570. The largest absolute Gasteiger partial charge is 0.159 e. The Morgan fingerprint density at radius 1 is 1.25 bits per heavy atom. The molecule has 0 amide bonds. The fourth-order valence-corrected chi connectivity index (χ4v) is 1.25. The Bertz CT molecular complexity index is 256. The van der Waals surface area contributed by atoms with Gasteiger partial charge < -0.3 is 0 Å². The maximum atomic E-state index is 4.03. The van der Waals surface area contributed by atoms with E-state index in [1.54, 1.807) is 6.20 Å². The molecule has 66 valence electrons. The van der Waals surface area contributed by atoms with Gasteiger partial charge in [-0.1, -0.05) is 20.8 Å².